The second-order valence-corrected chi connectivity index (χ2v) is 6.31. The van der Waals surface area contributed by atoms with Crippen LogP contribution in [0.1, 0.15) is 24.1 Å². The summed E-state index contributed by atoms with van der Waals surface area (Å²) in [6.07, 6.45) is 1.70. The highest BCUT2D eigenvalue weighted by molar-refractivity contribution is 6.39. The van der Waals surface area contributed by atoms with Gasteiger partial charge in [0, 0.05) is 22.8 Å². The van der Waals surface area contributed by atoms with Crippen molar-refractivity contribution in [3.63, 3.8) is 0 Å². The Kier molecular flexibility index (Phi) is 5.35. The van der Waals surface area contributed by atoms with Crippen LogP contribution in [0.25, 0.3) is 10.9 Å². The number of carbonyl (C=O) groups is 2. The fraction of sp³-hybridized carbons (Fsp3) is 0.190. The average molecular weight is 363 g/mol. The van der Waals surface area contributed by atoms with E-state index in [0.717, 1.165) is 22.0 Å². The Morgan fingerprint density at radius 2 is 1.89 bits per heavy atom. The fourth-order valence-electron chi connectivity index (χ4n) is 2.87. The van der Waals surface area contributed by atoms with Crippen molar-refractivity contribution in [2.75, 3.05) is 12.4 Å². The average Bonchev–Trinajstić information content (AvgIpc) is 2.67. The first kappa shape index (κ1) is 18.4. The summed E-state index contributed by atoms with van der Waals surface area (Å²) < 4.78 is 5.34. The van der Waals surface area contributed by atoms with Gasteiger partial charge in [0.15, 0.2) is 0 Å². The topological polar surface area (TPSA) is 80.3 Å². The largest absolute Gasteiger partial charge is 0.496 e. The number of aryl methyl sites for hydroxylation is 1. The van der Waals surface area contributed by atoms with Gasteiger partial charge in [0.05, 0.1) is 18.7 Å². The molecule has 1 aromatic heterocycles. The van der Waals surface area contributed by atoms with Crippen molar-refractivity contribution in [3.8, 4) is 5.75 Å². The lowest BCUT2D eigenvalue weighted by molar-refractivity contribution is -0.136. The minimum absolute atomic E-state index is 0.376. The number of carbonyl (C=O) groups excluding carboxylic acids is 2. The number of pyridine rings is 1. The number of amides is 2. The first-order valence-electron chi connectivity index (χ1n) is 8.59. The van der Waals surface area contributed by atoms with Crippen LogP contribution in [0.3, 0.4) is 0 Å². The Morgan fingerprint density at radius 3 is 2.67 bits per heavy atom. The lowest BCUT2D eigenvalue weighted by atomic mass is 10.0. The summed E-state index contributed by atoms with van der Waals surface area (Å²) in [5.41, 5.74) is 3.22. The van der Waals surface area contributed by atoms with Crippen LogP contribution >= 0.6 is 0 Å². The van der Waals surface area contributed by atoms with Crippen LogP contribution in [0.2, 0.25) is 0 Å². The van der Waals surface area contributed by atoms with Crippen molar-refractivity contribution in [3.05, 3.63) is 65.9 Å². The highest BCUT2D eigenvalue weighted by Crippen LogP contribution is 2.26. The van der Waals surface area contributed by atoms with Gasteiger partial charge >= 0.3 is 11.8 Å². The lowest BCUT2D eigenvalue weighted by Gasteiger charge is -2.17. The molecule has 3 aromatic rings. The Bertz CT molecular complexity index is 1000. The Morgan fingerprint density at radius 1 is 1.07 bits per heavy atom. The molecule has 0 spiro atoms. The normalized spacial score (nSPS) is 11.7. The van der Waals surface area contributed by atoms with Crippen LogP contribution in [-0.2, 0) is 9.59 Å². The molecule has 2 amide bonds. The van der Waals surface area contributed by atoms with Crippen LogP contribution in [0.15, 0.2) is 54.7 Å². The van der Waals surface area contributed by atoms with Gasteiger partial charge in [-0.05, 0) is 44.2 Å². The van der Waals surface area contributed by atoms with Gasteiger partial charge < -0.3 is 15.4 Å². The van der Waals surface area contributed by atoms with Crippen molar-refractivity contribution in [1.82, 2.24) is 10.3 Å². The molecule has 0 aliphatic rings. The molecule has 0 radical (unpaired) electrons. The van der Waals surface area contributed by atoms with Gasteiger partial charge in [0.2, 0.25) is 0 Å². The van der Waals surface area contributed by atoms with Crippen molar-refractivity contribution in [1.29, 1.82) is 0 Å². The molecule has 138 valence electrons. The number of rotatable bonds is 4. The molecular formula is C21H21N3O3. The summed E-state index contributed by atoms with van der Waals surface area (Å²) in [4.78, 5) is 28.8. The standard InChI is InChI=1S/C21H21N3O3/c1-13-6-9-19(27-3)17(11-13)14(2)23-20(25)21(26)24-16-7-8-18-15(12-16)5-4-10-22-18/h4-12,14H,1-3H3,(H,23,25)(H,24,26)/t14-/m1/s1. The second kappa shape index (κ2) is 7.86. The van der Waals surface area contributed by atoms with Gasteiger partial charge in [-0.3, -0.25) is 14.6 Å². The van der Waals surface area contributed by atoms with E-state index < -0.39 is 11.8 Å². The second-order valence-electron chi connectivity index (χ2n) is 6.31. The summed E-state index contributed by atoms with van der Waals surface area (Å²) in [6.45, 7) is 3.77. The van der Waals surface area contributed by atoms with Gasteiger partial charge in [0.1, 0.15) is 5.75 Å². The molecule has 2 aromatic carbocycles. The quantitative estimate of drug-likeness (QED) is 0.697. The maximum Gasteiger partial charge on any atom is 0.313 e. The number of fused-ring (bicyclic) bond motifs is 1. The van der Waals surface area contributed by atoms with E-state index in [2.05, 4.69) is 15.6 Å². The van der Waals surface area contributed by atoms with E-state index >= 15 is 0 Å². The van der Waals surface area contributed by atoms with E-state index in [1.807, 2.05) is 44.2 Å². The minimum atomic E-state index is -0.725. The monoisotopic (exact) mass is 363 g/mol. The first-order valence-corrected chi connectivity index (χ1v) is 8.59. The van der Waals surface area contributed by atoms with Gasteiger partial charge in [-0.15, -0.1) is 0 Å². The predicted octanol–water partition coefficient (Wildman–Crippen LogP) is 3.37. The summed E-state index contributed by atoms with van der Waals surface area (Å²) >= 11 is 0. The van der Waals surface area contributed by atoms with E-state index in [0.29, 0.717) is 11.4 Å². The number of hydrogen-bond donors (Lipinski definition) is 2. The highest BCUT2D eigenvalue weighted by atomic mass is 16.5. The molecule has 27 heavy (non-hydrogen) atoms. The van der Waals surface area contributed by atoms with Crippen LogP contribution in [0, 0.1) is 6.92 Å². The van der Waals surface area contributed by atoms with E-state index in [9.17, 15) is 9.59 Å². The van der Waals surface area contributed by atoms with Gasteiger partial charge in [-0.2, -0.15) is 0 Å². The molecule has 0 aliphatic carbocycles. The van der Waals surface area contributed by atoms with Crippen LogP contribution in [0.4, 0.5) is 5.69 Å². The third-order valence-corrected chi connectivity index (χ3v) is 4.27. The first-order chi connectivity index (χ1) is 13.0. The zero-order valence-corrected chi connectivity index (χ0v) is 15.4. The molecule has 0 bridgehead atoms. The van der Waals surface area contributed by atoms with Crippen molar-refractivity contribution >= 4 is 28.4 Å². The van der Waals surface area contributed by atoms with E-state index in [4.69, 9.17) is 4.74 Å². The van der Waals surface area contributed by atoms with Gasteiger partial charge in [-0.25, -0.2) is 0 Å². The molecule has 6 heteroatoms. The lowest BCUT2D eigenvalue weighted by Crippen LogP contribution is -2.37. The van der Waals surface area contributed by atoms with Crippen molar-refractivity contribution < 1.29 is 14.3 Å². The molecule has 0 saturated carbocycles. The summed E-state index contributed by atoms with van der Waals surface area (Å²) in [6, 6.07) is 14.3. The molecule has 3 rings (SSSR count). The maximum absolute atomic E-state index is 12.3. The van der Waals surface area contributed by atoms with E-state index in [1.165, 1.54) is 0 Å². The number of methoxy groups -OCH3 is 1. The third kappa shape index (κ3) is 4.23. The molecule has 1 atom stereocenters. The summed E-state index contributed by atoms with van der Waals surface area (Å²) in [5.74, 6) is -0.773. The number of hydrogen-bond acceptors (Lipinski definition) is 4. The fourth-order valence-corrected chi connectivity index (χ4v) is 2.87. The van der Waals surface area contributed by atoms with Crippen LogP contribution in [-0.4, -0.2) is 23.9 Å². The molecular weight excluding hydrogens is 342 g/mol. The predicted molar refractivity (Wildman–Crippen MR) is 105 cm³/mol. The molecule has 0 aliphatic heterocycles. The van der Waals surface area contributed by atoms with Crippen molar-refractivity contribution in [2.45, 2.75) is 19.9 Å². The van der Waals surface area contributed by atoms with Crippen molar-refractivity contribution in [2.24, 2.45) is 0 Å². The molecule has 2 N–H and O–H groups in total. The zero-order chi connectivity index (χ0) is 19.4. The zero-order valence-electron chi connectivity index (χ0n) is 15.4. The summed E-state index contributed by atoms with van der Waals surface area (Å²) in [7, 11) is 1.57. The van der Waals surface area contributed by atoms with E-state index in [1.54, 1.807) is 31.5 Å². The van der Waals surface area contributed by atoms with Gasteiger partial charge in [-0.1, -0.05) is 23.8 Å². The van der Waals surface area contributed by atoms with Crippen LogP contribution < -0.4 is 15.4 Å². The number of benzene rings is 2. The van der Waals surface area contributed by atoms with Crippen LogP contribution in [0.5, 0.6) is 5.75 Å². The number of nitrogens with zero attached hydrogens (tertiary/aromatic N) is 1. The SMILES string of the molecule is COc1ccc(C)cc1[C@@H](C)NC(=O)C(=O)Nc1ccc2ncccc2c1. The smallest absolute Gasteiger partial charge is 0.313 e. The summed E-state index contributed by atoms with van der Waals surface area (Å²) in [5, 5.41) is 6.22. The number of anilines is 1. The minimum Gasteiger partial charge on any atom is -0.496 e. The number of aromatic nitrogens is 1. The van der Waals surface area contributed by atoms with E-state index in [-0.39, 0.29) is 6.04 Å². The third-order valence-electron chi connectivity index (χ3n) is 4.27. The molecule has 1 heterocycles. The Balaban J connectivity index is 1.69. The Hall–Kier alpha value is -3.41. The molecule has 0 fully saturated rings. The number of ether oxygens (including phenoxy) is 1. The number of nitrogens with one attached hydrogen (secondary N) is 2. The molecule has 6 nitrogen and oxygen atoms in total. The highest BCUT2D eigenvalue weighted by Gasteiger charge is 2.19. The maximum atomic E-state index is 12.3. The Labute approximate surface area is 157 Å². The van der Waals surface area contributed by atoms with Gasteiger partial charge in [0.25, 0.3) is 0 Å². The molecule has 0 saturated heterocycles. The molecule has 0 unspecified atom stereocenters.